The van der Waals surface area contributed by atoms with E-state index in [-0.39, 0.29) is 12.5 Å². The molecule has 0 aliphatic heterocycles. The van der Waals surface area contributed by atoms with Crippen LogP contribution in [0.3, 0.4) is 0 Å². The molecule has 0 bridgehead atoms. The number of hydrogen-bond acceptors (Lipinski definition) is 3. The van der Waals surface area contributed by atoms with E-state index < -0.39 is 0 Å². The van der Waals surface area contributed by atoms with E-state index in [1.165, 1.54) is 0 Å². The van der Waals surface area contributed by atoms with Crippen molar-refractivity contribution in [3.05, 3.63) is 33.5 Å². The summed E-state index contributed by atoms with van der Waals surface area (Å²) in [7, 11) is 1.58. The van der Waals surface area contributed by atoms with Crippen LogP contribution in [-0.2, 0) is 11.3 Å². The number of nitrogens with zero attached hydrogens (tertiary/aromatic N) is 3. The molecule has 2 rings (SSSR count). The van der Waals surface area contributed by atoms with E-state index in [9.17, 15) is 4.79 Å². The van der Waals surface area contributed by atoms with Gasteiger partial charge >= 0.3 is 0 Å². The minimum atomic E-state index is -0.124. The fourth-order valence-electron chi connectivity index (χ4n) is 1.57. The Morgan fingerprint density at radius 1 is 1.53 bits per heavy atom. The van der Waals surface area contributed by atoms with Gasteiger partial charge < -0.3 is 5.32 Å². The fraction of sp³-hybridized carbons (Fsp3) is 0.250. The van der Waals surface area contributed by atoms with Crippen molar-refractivity contribution >= 4 is 33.4 Å². The van der Waals surface area contributed by atoms with Crippen LogP contribution in [0.1, 0.15) is 5.82 Å². The minimum absolute atomic E-state index is 0.124. The lowest BCUT2D eigenvalue weighted by molar-refractivity contribution is -0.121. The van der Waals surface area contributed by atoms with Gasteiger partial charge in [0.15, 0.2) is 5.82 Å². The van der Waals surface area contributed by atoms with E-state index >= 15 is 0 Å². The van der Waals surface area contributed by atoms with Gasteiger partial charge in [0.2, 0.25) is 5.91 Å². The van der Waals surface area contributed by atoms with E-state index in [0.29, 0.717) is 16.7 Å². The molecule has 0 spiro atoms. The SMILES string of the molecule is CNC(=O)Cn1nc(-c2ccc(Br)cc2Cl)nc1C. The Balaban J connectivity index is 2.36. The number of aryl methyl sites for hydroxylation is 1. The summed E-state index contributed by atoms with van der Waals surface area (Å²) in [6.45, 7) is 1.94. The Labute approximate surface area is 124 Å². The smallest absolute Gasteiger partial charge is 0.241 e. The molecule has 1 aromatic heterocycles. The normalized spacial score (nSPS) is 10.5. The maximum absolute atomic E-state index is 11.4. The molecule has 7 heteroatoms. The molecule has 2 aromatic rings. The molecule has 0 radical (unpaired) electrons. The van der Waals surface area contributed by atoms with Crippen molar-refractivity contribution in [2.45, 2.75) is 13.5 Å². The molecule has 1 heterocycles. The van der Waals surface area contributed by atoms with Gasteiger partial charge in [0, 0.05) is 17.1 Å². The highest BCUT2D eigenvalue weighted by molar-refractivity contribution is 9.10. The highest BCUT2D eigenvalue weighted by Gasteiger charge is 2.13. The van der Waals surface area contributed by atoms with Gasteiger partial charge in [0.05, 0.1) is 5.02 Å². The van der Waals surface area contributed by atoms with Crippen molar-refractivity contribution in [3.63, 3.8) is 0 Å². The molecule has 0 saturated carbocycles. The fourth-order valence-corrected chi connectivity index (χ4v) is 2.33. The van der Waals surface area contributed by atoms with Crippen molar-refractivity contribution in [2.24, 2.45) is 0 Å². The number of aromatic nitrogens is 3. The zero-order valence-electron chi connectivity index (χ0n) is 10.4. The summed E-state index contributed by atoms with van der Waals surface area (Å²) in [6.07, 6.45) is 0. The lowest BCUT2D eigenvalue weighted by Crippen LogP contribution is -2.24. The highest BCUT2D eigenvalue weighted by Crippen LogP contribution is 2.28. The molecule has 0 unspecified atom stereocenters. The maximum atomic E-state index is 11.4. The summed E-state index contributed by atoms with van der Waals surface area (Å²) < 4.78 is 2.44. The Morgan fingerprint density at radius 2 is 2.26 bits per heavy atom. The van der Waals surface area contributed by atoms with Crippen molar-refractivity contribution < 1.29 is 4.79 Å². The van der Waals surface area contributed by atoms with Crippen LogP contribution in [0, 0.1) is 6.92 Å². The van der Waals surface area contributed by atoms with E-state index in [2.05, 4.69) is 31.3 Å². The van der Waals surface area contributed by atoms with Gasteiger partial charge in [-0.15, -0.1) is 0 Å². The van der Waals surface area contributed by atoms with E-state index in [1.54, 1.807) is 24.7 Å². The van der Waals surface area contributed by atoms with Crippen molar-refractivity contribution in [2.75, 3.05) is 7.05 Å². The third-order valence-electron chi connectivity index (χ3n) is 2.60. The summed E-state index contributed by atoms with van der Waals surface area (Å²) in [4.78, 5) is 15.7. The second-order valence-corrected chi connectivity index (χ2v) is 5.26. The van der Waals surface area contributed by atoms with Crippen LogP contribution in [0.4, 0.5) is 0 Å². The molecule has 19 heavy (non-hydrogen) atoms. The highest BCUT2D eigenvalue weighted by atomic mass is 79.9. The average molecular weight is 344 g/mol. The molecule has 0 atom stereocenters. The summed E-state index contributed by atoms with van der Waals surface area (Å²) in [5.41, 5.74) is 0.739. The number of carbonyl (C=O) groups excluding carboxylic acids is 1. The second kappa shape index (κ2) is 5.71. The summed E-state index contributed by atoms with van der Waals surface area (Å²) in [6, 6.07) is 5.49. The Bertz CT molecular complexity index is 626. The van der Waals surface area contributed by atoms with Crippen LogP contribution in [0.25, 0.3) is 11.4 Å². The molecule has 0 fully saturated rings. The number of likely N-dealkylation sites (N-methyl/N-ethyl adjacent to an activating group) is 1. The average Bonchev–Trinajstić information content (AvgIpc) is 2.70. The molecule has 0 aliphatic carbocycles. The number of halogens is 2. The first kappa shape index (κ1) is 14.0. The summed E-state index contributed by atoms with van der Waals surface area (Å²) >= 11 is 9.51. The van der Waals surface area contributed by atoms with Crippen molar-refractivity contribution in [3.8, 4) is 11.4 Å². The monoisotopic (exact) mass is 342 g/mol. The first-order valence-corrected chi connectivity index (χ1v) is 6.76. The van der Waals surface area contributed by atoms with Gasteiger partial charge in [-0.25, -0.2) is 9.67 Å². The van der Waals surface area contributed by atoms with Crippen LogP contribution in [-0.4, -0.2) is 27.7 Å². The van der Waals surface area contributed by atoms with Gasteiger partial charge in [0.25, 0.3) is 0 Å². The van der Waals surface area contributed by atoms with Gasteiger partial charge in [-0.05, 0) is 25.1 Å². The van der Waals surface area contributed by atoms with Crippen molar-refractivity contribution in [1.82, 2.24) is 20.1 Å². The lowest BCUT2D eigenvalue weighted by Gasteiger charge is -2.01. The molecule has 1 N–H and O–H groups in total. The molecule has 0 saturated heterocycles. The zero-order valence-corrected chi connectivity index (χ0v) is 12.8. The predicted molar refractivity (Wildman–Crippen MR) is 77.0 cm³/mol. The number of nitrogens with one attached hydrogen (secondary N) is 1. The molecule has 100 valence electrons. The third kappa shape index (κ3) is 3.13. The van der Waals surface area contributed by atoms with Crippen LogP contribution in [0.15, 0.2) is 22.7 Å². The van der Waals surface area contributed by atoms with E-state index in [1.807, 2.05) is 12.1 Å². The molecule has 5 nitrogen and oxygen atoms in total. The lowest BCUT2D eigenvalue weighted by atomic mass is 10.2. The number of hydrogen-bond donors (Lipinski definition) is 1. The first-order chi connectivity index (χ1) is 9.01. The summed E-state index contributed by atoms with van der Waals surface area (Å²) in [5, 5.41) is 7.41. The number of rotatable bonds is 3. The summed E-state index contributed by atoms with van der Waals surface area (Å²) in [5.74, 6) is 1.05. The van der Waals surface area contributed by atoms with Crippen LogP contribution in [0.2, 0.25) is 5.02 Å². The molecular formula is C12H12BrClN4O. The number of benzene rings is 1. The predicted octanol–water partition coefficient (Wildman–Crippen LogP) is 2.42. The molecule has 1 aromatic carbocycles. The second-order valence-electron chi connectivity index (χ2n) is 3.94. The van der Waals surface area contributed by atoms with Gasteiger partial charge in [0.1, 0.15) is 12.4 Å². The van der Waals surface area contributed by atoms with Crippen LogP contribution in [0.5, 0.6) is 0 Å². The number of amides is 1. The van der Waals surface area contributed by atoms with Gasteiger partial charge in [-0.1, -0.05) is 27.5 Å². The Hall–Kier alpha value is -1.40. The Morgan fingerprint density at radius 3 is 2.89 bits per heavy atom. The minimum Gasteiger partial charge on any atom is -0.358 e. The van der Waals surface area contributed by atoms with Crippen LogP contribution < -0.4 is 5.32 Å². The maximum Gasteiger partial charge on any atom is 0.241 e. The largest absolute Gasteiger partial charge is 0.358 e. The number of carbonyl (C=O) groups is 1. The van der Waals surface area contributed by atoms with E-state index in [0.717, 1.165) is 10.0 Å². The quantitative estimate of drug-likeness (QED) is 0.931. The van der Waals surface area contributed by atoms with Gasteiger partial charge in [-0.3, -0.25) is 4.79 Å². The van der Waals surface area contributed by atoms with Crippen LogP contribution >= 0.6 is 27.5 Å². The first-order valence-electron chi connectivity index (χ1n) is 5.58. The zero-order chi connectivity index (χ0) is 14.0. The Kier molecular flexibility index (Phi) is 4.21. The third-order valence-corrected chi connectivity index (χ3v) is 3.41. The van der Waals surface area contributed by atoms with Crippen molar-refractivity contribution in [1.29, 1.82) is 0 Å². The van der Waals surface area contributed by atoms with E-state index in [4.69, 9.17) is 11.6 Å². The molecular weight excluding hydrogens is 332 g/mol. The molecule has 1 amide bonds. The van der Waals surface area contributed by atoms with Gasteiger partial charge in [-0.2, -0.15) is 5.10 Å². The molecule has 0 aliphatic rings. The topological polar surface area (TPSA) is 59.8 Å². The standard InChI is InChI=1S/C12H12BrClN4O/c1-7-16-12(17-18(7)6-11(19)15-2)9-4-3-8(13)5-10(9)14/h3-5H,6H2,1-2H3,(H,15,19).